The number of amides is 1. The predicted octanol–water partition coefficient (Wildman–Crippen LogP) is 1.54. The summed E-state index contributed by atoms with van der Waals surface area (Å²) in [6, 6.07) is 1.07. The summed E-state index contributed by atoms with van der Waals surface area (Å²) in [4.78, 5) is 12.0. The fourth-order valence-corrected chi connectivity index (χ4v) is 2.74. The number of hydrogen-bond donors (Lipinski definition) is 2. The van der Waals surface area contributed by atoms with Crippen molar-refractivity contribution in [1.29, 1.82) is 0 Å². The molecule has 2 aliphatic heterocycles. The number of carbonyl (C=O) groups excluding carboxylic acids is 1. The van der Waals surface area contributed by atoms with Crippen LogP contribution >= 0.6 is 0 Å². The minimum absolute atomic E-state index is 0.234. The quantitative estimate of drug-likeness (QED) is 0.760. The van der Waals surface area contributed by atoms with Gasteiger partial charge >= 0.3 is 0 Å². The van der Waals surface area contributed by atoms with Crippen molar-refractivity contribution >= 4 is 5.91 Å². The summed E-state index contributed by atoms with van der Waals surface area (Å²) in [5, 5.41) is 6.62. The molecular formula is C13H24N2O. The van der Waals surface area contributed by atoms with Crippen molar-refractivity contribution in [3.8, 4) is 0 Å². The lowest BCUT2D eigenvalue weighted by atomic mass is 9.88. The molecule has 3 heteroatoms. The first-order valence-corrected chi connectivity index (χ1v) is 6.61. The molecule has 0 spiro atoms. The zero-order chi connectivity index (χ0) is 11.7. The van der Waals surface area contributed by atoms with Gasteiger partial charge in [-0.3, -0.25) is 4.79 Å². The molecule has 2 bridgehead atoms. The van der Waals surface area contributed by atoms with Crippen molar-refractivity contribution in [3.05, 3.63) is 0 Å². The summed E-state index contributed by atoms with van der Waals surface area (Å²) in [5.41, 5.74) is 0. The van der Waals surface area contributed by atoms with E-state index in [1.807, 2.05) is 0 Å². The lowest BCUT2D eigenvalue weighted by Crippen LogP contribution is -2.39. The van der Waals surface area contributed by atoms with Crippen molar-refractivity contribution in [2.75, 3.05) is 6.54 Å². The van der Waals surface area contributed by atoms with E-state index < -0.39 is 0 Å². The van der Waals surface area contributed by atoms with Crippen molar-refractivity contribution in [2.45, 2.75) is 52.1 Å². The Hall–Kier alpha value is -0.570. The summed E-state index contributed by atoms with van der Waals surface area (Å²) in [6.45, 7) is 7.43. The Bertz CT molecular complexity index is 265. The molecule has 92 valence electrons. The van der Waals surface area contributed by atoms with Crippen LogP contribution in [0.1, 0.15) is 40.0 Å². The molecule has 2 fully saturated rings. The van der Waals surface area contributed by atoms with E-state index in [1.54, 1.807) is 0 Å². The average molecular weight is 224 g/mol. The monoisotopic (exact) mass is 224 g/mol. The van der Waals surface area contributed by atoms with Gasteiger partial charge in [0, 0.05) is 18.6 Å². The molecule has 2 saturated heterocycles. The first-order valence-electron chi connectivity index (χ1n) is 6.61. The van der Waals surface area contributed by atoms with Crippen molar-refractivity contribution in [1.82, 2.24) is 10.6 Å². The van der Waals surface area contributed by atoms with Crippen LogP contribution in [0, 0.1) is 17.8 Å². The Morgan fingerprint density at radius 2 is 2.12 bits per heavy atom. The van der Waals surface area contributed by atoms with Crippen molar-refractivity contribution < 1.29 is 4.79 Å². The van der Waals surface area contributed by atoms with E-state index in [2.05, 4.69) is 31.4 Å². The molecule has 4 unspecified atom stereocenters. The van der Waals surface area contributed by atoms with Gasteiger partial charge in [-0.15, -0.1) is 0 Å². The SMILES string of the molecule is CC(C)C(C)CNC(=O)C1CC2CCC1N2. The maximum Gasteiger partial charge on any atom is 0.224 e. The van der Waals surface area contributed by atoms with Gasteiger partial charge in [0.15, 0.2) is 0 Å². The Morgan fingerprint density at radius 3 is 2.62 bits per heavy atom. The molecule has 0 aromatic carbocycles. The Labute approximate surface area is 98.4 Å². The lowest BCUT2D eigenvalue weighted by Gasteiger charge is -2.22. The van der Waals surface area contributed by atoms with Gasteiger partial charge in [0.2, 0.25) is 5.91 Å². The highest BCUT2D eigenvalue weighted by Gasteiger charge is 2.42. The maximum absolute atomic E-state index is 12.0. The molecule has 0 saturated carbocycles. The van der Waals surface area contributed by atoms with Gasteiger partial charge in [0.25, 0.3) is 0 Å². The van der Waals surface area contributed by atoms with Gasteiger partial charge < -0.3 is 10.6 Å². The largest absolute Gasteiger partial charge is 0.356 e. The smallest absolute Gasteiger partial charge is 0.224 e. The van der Waals surface area contributed by atoms with E-state index in [0.717, 1.165) is 13.0 Å². The number of hydrogen-bond acceptors (Lipinski definition) is 2. The second-order valence-corrected chi connectivity index (χ2v) is 5.86. The minimum atomic E-state index is 0.234. The van der Waals surface area contributed by atoms with Crippen LogP contribution < -0.4 is 10.6 Å². The van der Waals surface area contributed by atoms with Crippen LogP contribution in [0.5, 0.6) is 0 Å². The normalized spacial score (nSPS) is 34.4. The number of nitrogens with one attached hydrogen (secondary N) is 2. The molecule has 4 atom stereocenters. The summed E-state index contributed by atoms with van der Waals surface area (Å²) < 4.78 is 0. The van der Waals surface area contributed by atoms with Crippen molar-refractivity contribution in [2.24, 2.45) is 17.8 Å². The molecule has 0 aromatic rings. The zero-order valence-corrected chi connectivity index (χ0v) is 10.6. The highest BCUT2D eigenvalue weighted by atomic mass is 16.1. The van der Waals surface area contributed by atoms with Crippen molar-refractivity contribution in [3.63, 3.8) is 0 Å². The van der Waals surface area contributed by atoms with E-state index in [4.69, 9.17) is 0 Å². The Morgan fingerprint density at radius 1 is 1.38 bits per heavy atom. The van der Waals surface area contributed by atoms with E-state index in [-0.39, 0.29) is 11.8 Å². The van der Waals surface area contributed by atoms with Crippen LogP contribution in [0.25, 0.3) is 0 Å². The van der Waals surface area contributed by atoms with Crippen LogP contribution in [0.3, 0.4) is 0 Å². The molecule has 0 aliphatic carbocycles. The second-order valence-electron chi connectivity index (χ2n) is 5.86. The highest BCUT2D eigenvalue weighted by Crippen LogP contribution is 2.33. The lowest BCUT2D eigenvalue weighted by molar-refractivity contribution is -0.125. The van der Waals surface area contributed by atoms with E-state index in [9.17, 15) is 4.79 Å². The van der Waals surface area contributed by atoms with Gasteiger partial charge in [0.1, 0.15) is 0 Å². The molecular weight excluding hydrogens is 200 g/mol. The molecule has 3 nitrogen and oxygen atoms in total. The Balaban J connectivity index is 1.76. The van der Waals surface area contributed by atoms with Crippen LogP contribution in [0.2, 0.25) is 0 Å². The molecule has 2 rings (SSSR count). The fraction of sp³-hybridized carbons (Fsp3) is 0.923. The van der Waals surface area contributed by atoms with Gasteiger partial charge in [-0.25, -0.2) is 0 Å². The van der Waals surface area contributed by atoms with E-state index in [1.165, 1.54) is 12.8 Å². The molecule has 2 heterocycles. The van der Waals surface area contributed by atoms with E-state index >= 15 is 0 Å². The summed E-state index contributed by atoms with van der Waals surface area (Å²) in [5.74, 6) is 1.71. The highest BCUT2D eigenvalue weighted by molar-refractivity contribution is 5.80. The minimum Gasteiger partial charge on any atom is -0.356 e. The van der Waals surface area contributed by atoms with Crippen LogP contribution in [-0.2, 0) is 4.79 Å². The third-order valence-corrected chi connectivity index (χ3v) is 4.37. The molecule has 2 aliphatic rings. The van der Waals surface area contributed by atoms with Crippen LogP contribution in [-0.4, -0.2) is 24.5 Å². The third kappa shape index (κ3) is 2.40. The molecule has 16 heavy (non-hydrogen) atoms. The first-order chi connectivity index (χ1) is 7.58. The van der Waals surface area contributed by atoms with Gasteiger partial charge in [-0.1, -0.05) is 20.8 Å². The Kier molecular flexibility index (Phi) is 3.53. The number of carbonyl (C=O) groups is 1. The van der Waals surface area contributed by atoms with Crippen LogP contribution in [0.15, 0.2) is 0 Å². The fourth-order valence-electron chi connectivity index (χ4n) is 2.74. The third-order valence-electron chi connectivity index (χ3n) is 4.37. The van der Waals surface area contributed by atoms with Gasteiger partial charge in [0.05, 0.1) is 5.92 Å². The molecule has 1 amide bonds. The topological polar surface area (TPSA) is 41.1 Å². The summed E-state index contributed by atoms with van der Waals surface area (Å²) in [7, 11) is 0. The standard InChI is InChI=1S/C13H24N2O/c1-8(2)9(3)7-14-13(16)11-6-10-4-5-12(11)15-10/h8-12,15H,4-7H2,1-3H3,(H,14,16). The van der Waals surface area contributed by atoms with E-state index in [0.29, 0.717) is 23.9 Å². The maximum atomic E-state index is 12.0. The first kappa shape index (κ1) is 11.9. The van der Waals surface area contributed by atoms with Crippen LogP contribution in [0.4, 0.5) is 0 Å². The summed E-state index contributed by atoms with van der Waals surface area (Å²) in [6.07, 6.45) is 3.49. The molecule has 2 N–H and O–H groups in total. The predicted molar refractivity (Wildman–Crippen MR) is 65.1 cm³/mol. The summed E-state index contributed by atoms with van der Waals surface area (Å²) >= 11 is 0. The number of fused-ring (bicyclic) bond motifs is 2. The van der Waals surface area contributed by atoms with Gasteiger partial charge in [-0.05, 0) is 31.1 Å². The molecule has 0 aromatic heterocycles. The number of rotatable bonds is 4. The second kappa shape index (κ2) is 4.74. The zero-order valence-electron chi connectivity index (χ0n) is 10.6. The van der Waals surface area contributed by atoms with Gasteiger partial charge in [-0.2, -0.15) is 0 Å². The average Bonchev–Trinajstić information content (AvgIpc) is 2.86. The molecule has 0 radical (unpaired) electrons.